The van der Waals surface area contributed by atoms with E-state index in [4.69, 9.17) is 11.6 Å². The minimum absolute atomic E-state index is 0.150. The van der Waals surface area contributed by atoms with E-state index < -0.39 is 0 Å². The molecule has 1 amide bonds. The fourth-order valence-corrected chi connectivity index (χ4v) is 2.97. The Morgan fingerprint density at radius 3 is 3.09 bits per heavy atom. The number of H-pyrrole nitrogens is 1. The maximum Gasteiger partial charge on any atom is 0.223 e. The Bertz CT molecular complexity index is 631. The van der Waals surface area contributed by atoms with Gasteiger partial charge in [-0.1, -0.05) is 0 Å². The molecule has 7 heteroatoms. The summed E-state index contributed by atoms with van der Waals surface area (Å²) in [5, 5.41) is 0. The molecule has 1 aliphatic heterocycles. The Morgan fingerprint density at radius 1 is 1.41 bits per heavy atom. The molecular formula is C15H18ClN5O. The summed E-state index contributed by atoms with van der Waals surface area (Å²) in [4.78, 5) is 29.6. The van der Waals surface area contributed by atoms with E-state index in [-0.39, 0.29) is 5.91 Å². The zero-order valence-electron chi connectivity index (χ0n) is 12.2. The molecule has 0 radical (unpaired) electrons. The van der Waals surface area contributed by atoms with E-state index in [1.54, 1.807) is 18.7 Å². The number of imidazole rings is 1. The van der Waals surface area contributed by atoms with E-state index in [0.29, 0.717) is 18.2 Å². The SMILES string of the molecule is O=C(CCCl)N1CCC(Cc2cc(-c3ncc[nH]3)ncn2)C1. The lowest BCUT2D eigenvalue weighted by molar-refractivity contribution is -0.129. The molecule has 2 aromatic rings. The van der Waals surface area contributed by atoms with Crippen LogP contribution in [0.3, 0.4) is 0 Å². The van der Waals surface area contributed by atoms with Crippen molar-refractivity contribution >= 4 is 17.5 Å². The molecular weight excluding hydrogens is 302 g/mol. The number of aromatic amines is 1. The molecule has 0 saturated carbocycles. The number of amides is 1. The summed E-state index contributed by atoms with van der Waals surface area (Å²) in [5.74, 6) is 1.72. The molecule has 0 aromatic carbocycles. The molecule has 1 saturated heterocycles. The summed E-state index contributed by atoms with van der Waals surface area (Å²) >= 11 is 5.63. The Morgan fingerprint density at radius 2 is 2.32 bits per heavy atom. The highest BCUT2D eigenvalue weighted by atomic mass is 35.5. The van der Waals surface area contributed by atoms with Gasteiger partial charge in [0.2, 0.25) is 5.91 Å². The number of alkyl halides is 1. The lowest BCUT2D eigenvalue weighted by Gasteiger charge is -2.15. The monoisotopic (exact) mass is 319 g/mol. The average Bonchev–Trinajstić information content (AvgIpc) is 3.19. The van der Waals surface area contributed by atoms with E-state index in [9.17, 15) is 4.79 Å². The smallest absolute Gasteiger partial charge is 0.223 e. The van der Waals surface area contributed by atoms with Crippen LogP contribution in [-0.2, 0) is 11.2 Å². The molecule has 1 N–H and O–H groups in total. The molecule has 1 fully saturated rings. The van der Waals surface area contributed by atoms with Gasteiger partial charge in [-0.2, -0.15) is 0 Å². The molecule has 6 nitrogen and oxygen atoms in total. The molecule has 22 heavy (non-hydrogen) atoms. The van der Waals surface area contributed by atoms with Gasteiger partial charge in [0.05, 0.1) is 0 Å². The third-order valence-electron chi connectivity index (χ3n) is 3.91. The average molecular weight is 320 g/mol. The van der Waals surface area contributed by atoms with Crippen LogP contribution in [0, 0.1) is 5.92 Å². The first-order valence-corrected chi connectivity index (χ1v) is 7.94. The third kappa shape index (κ3) is 3.44. The van der Waals surface area contributed by atoms with Gasteiger partial charge in [0, 0.05) is 43.5 Å². The Kier molecular flexibility index (Phi) is 4.68. The highest BCUT2D eigenvalue weighted by molar-refractivity contribution is 6.18. The fraction of sp³-hybridized carbons (Fsp3) is 0.467. The number of nitrogens with one attached hydrogen (secondary N) is 1. The van der Waals surface area contributed by atoms with Crippen LogP contribution in [0.25, 0.3) is 11.5 Å². The van der Waals surface area contributed by atoms with E-state index in [0.717, 1.165) is 43.1 Å². The van der Waals surface area contributed by atoms with Crippen LogP contribution in [0.15, 0.2) is 24.8 Å². The van der Waals surface area contributed by atoms with Gasteiger partial charge in [0.15, 0.2) is 5.82 Å². The molecule has 1 aliphatic rings. The molecule has 2 aromatic heterocycles. The Labute approximate surface area is 133 Å². The predicted octanol–water partition coefficient (Wildman–Crippen LogP) is 1.89. The molecule has 3 heterocycles. The van der Waals surface area contributed by atoms with Crippen molar-refractivity contribution in [2.24, 2.45) is 5.92 Å². The summed E-state index contributed by atoms with van der Waals surface area (Å²) in [6, 6.07) is 1.96. The summed E-state index contributed by atoms with van der Waals surface area (Å²) in [6.07, 6.45) is 7.32. The van der Waals surface area contributed by atoms with E-state index in [1.165, 1.54) is 0 Å². The van der Waals surface area contributed by atoms with Crippen molar-refractivity contribution in [1.82, 2.24) is 24.8 Å². The van der Waals surface area contributed by atoms with Crippen molar-refractivity contribution in [3.8, 4) is 11.5 Å². The Balaban J connectivity index is 1.62. The minimum Gasteiger partial charge on any atom is -0.343 e. The zero-order chi connectivity index (χ0) is 15.4. The second-order valence-electron chi connectivity index (χ2n) is 5.47. The van der Waals surface area contributed by atoms with Crippen molar-refractivity contribution in [3.63, 3.8) is 0 Å². The van der Waals surface area contributed by atoms with Gasteiger partial charge in [0.1, 0.15) is 12.0 Å². The zero-order valence-corrected chi connectivity index (χ0v) is 13.0. The lowest BCUT2D eigenvalue weighted by atomic mass is 10.0. The number of hydrogen-bond acceptors (Lipinski definition) is 4. The maximum atomic E-state index is 11.9. The highest BCUT2D eigenvalue weighted by Crippen LogP contribution is 2.22. The van der Waals surface area contributed by atoms with Crippen molar-refractivity contribution < 1.29 is 4.79 Å². The fourth-order valence-electron chi connectivity index (χ4n) is 2.80. The largest absolute Gasteiger partial charge is 0.343 e. The second-order valence-corrected chi connectivity index (χ2v) is 5.85. The van der Waals surface area contributed by atoms with Gasteiger partial charge in [0.25, 0.3) is 0 Å². The van der Waals surface area contributed by atoms with Crippen molar-refractivity contribution in [2.45, 2.75) is 19.3 Å². The number of carbonyl (C=O) groups excluding carboxylic acids is 1. The van der Waals surface area contributed by atoms with Crippen LogP contribution in [0.4, 0.5) is 0 Å². The van der Waals surface area contributed by atoms with Crippen LogP contribution in [0.2, 0.25) is 0 Å². The van der Waals surface area contributed by atoms with Gasteiger partial charge in [-0.25, -0.2) is 15.0 Å². The number of halogens is 1. The minimum atomic E-state index is 0.150. The van der Waals surface area contributed by atoms with E-state index >= 15 is 0 Å². The highest BCUT2D eigenvalue weighted by Gasteiger charge is 2.26. The van der Waals surface area contributed by atoms with Crippen molar-refractivity contribution in [1.29, 1.82) is 0 Å². The van der Waals surface area contributed by atoms with Crippen LogP contribution in [-0.4, -0.2) is 49.7 Å². The molecule has 0 spiro atoms. The van der Waals surface area contributed by atoms with Gasteiger partial charge >= 0.3 is 0 Å². The number of rotatable bonds is 5. The van der Waals surface area contributed by atoms with Crippen LogP contribution >= 0.6 is 11.6 Å². The summed E-state index contributed by atoms with van der Waals surface area (Å²) in [5.41, 5.74) is 1.78. The van der Waals surface area contributed by atoms with E-state index in [2.05, 4.69) is 19.9 Å². The summed E-state index contributed by atoms with van der Waals surface area (Å²) in [6.45, 7) is 1.60. The molecule has 116 valence electrons. The van der Waals surface area contributed by atoms with Gasteiger partial charge in [-0.05, 0) is 24.8 Å². The summed E-state index contributed by atoms with van der Waals surface area (Å²) in [7, 11) is 0. The molecule has 1 unspecified atom stereocenters. The first-order chi connectivity index (χ1) is 10.8. The molecule has 0 bridgehead atoms. The van der Waals surface area contributed by atoms with Crippen LogP contribution in [0.5, 0.6) is 0 Å². The van der Waals surface area contributed by atoms with Gasteiger partial charge in [-0.3, -0.25) is 4.79 Å². The number of aromatic nitrogens is 4. The first-order valence-electron chi connectivity index (χ1n) is 7.40. The normalized spacial score (nSPS) is 17.9. The topological polar surface area (TPSA) is 74.8 Å². The Hall–Kier alpha value is -1.95. The lowest BCUT2D eigenvalue weighted by Crippen LogP contribution is -2.29. The van der Waals surface area contributed by atoms with Crippen molar-refractivity contribution in [3.05, 3.63) is 30.5 Å². The van der Waals surface area contributed by atoms with Crippen LogP contribution in [0.1, 0.15) is 18.5 Å². The maximum absolute atomic E-state index is 11.9. The number of hydrogen-bond donors (Lipinski definition) is 1. The molecule has 1 atom stereocenters. The summed E-state index contributed by atoms with van der Waals surface area (Å²) < 4.78 is 0. The third-order valence-corrected chi connectivity index (χ3v) is 4.10. The van der Waals surface area contributed by atoms with Gasteiger partial charge in [-0.15, -0.1) is 11.6 Å². The second kappa shape index (κ2) is 6.87. The van der Waals surface area contributed by atoms with Crippen LogP contribution < -0.4 is 0 Å². The van der Waals surface area contributed by atoms with Gasteiger partial charge < -0.3 is 9.88 Å². The first kappa shape index (κ1) is 15.0. The van der Waals surface area contributed by atoms with E-state index in [1.807, 2.05) is 11.0 Å². The molecule has 3 rings (SSSR count). The quantitative estimate of drug-likeness (QED) is 0.854. The number of carbonyl (C=O) groups is 1. The predicted molar refractivity (Wildman–Crippen MR) is 83.3 cm³/mol. The number of nitrogens with zero attached hydrogens (tertiary/aromatic N) is 4. The number of likely N-dealkylation sites (tertiary alicyclic amines) is 1. The molecule has 0 aliphatic carbocycles. The standard InChI is InChI=1S/C15H18ClN5O/c16-3-1-14(22)21-6-2-11(9-21)7-12-8-13(20-10-19-12)15-17-4-5-18-15/h4-5,8,10-11H,1-3,6-7,9H2,(H,17,18). The van der Waals surface area contributed by atoms with Crippen molar-refractivity contribution in [2.75, 3.05) is 19.0 Å².